The first kappa shape index (κ1) is 51.9. The Hall–Kier alpha value is -3.08. The molecular weight excluding hydrogens is 698 g/mol. The number of unbranched alkanes of at least 4 members (excludes halogenated alkanes) is 17. The highest BCUT2D eigenvalue weighted by Gasteiger charge is 2.39. The maximum absolute atomic E-state index is 12.1. The van der Waals surface area contributed by atoms with Gasteiger partial charge in [-0.15, -0.1) is 0 Å². The third-order valence-corrected chi connectivity index (χ3v) is 10.2. The molecule has 0 radical (unpaired) electrons. The van der Waals surface area contributed by atoms with Crippen molar-refractivity contribution in [3.8, 4) is 0 Å². The van der Waals surface area contributed by atoms with Crippen molar-refractivity contribution in [3.05, 3.63) is 48.0 Å². The molecule has 1 saturated carbocycles. The summed E-state index contributed by atoms with van der Waals surface area (Å²) in [7, 11) is 0. The number of rotatable bonds is 30. The Kier molecular flexibility index (Phi) is 33.4. The third kappa shape index (κ3) is 30.8. The zero-order valence-electron chi connectivity index (χ0n) is 34.3. The second kappa shape index (κ2) is 35.3. The van der Waals surface area contributed by atoms with Gasteiger partial charge in [-0.1, -0.05) is 172 Å². The Bertz CT molecular complexity index is 1140. The molecule has 1 aliphatic rings. The zero-order chi connectivity index (χ0) is 41.1. The van der Waals surface area contributed by atoms with Crippen LogP contribution in [-0.2, 0) is 25.6 Å². The molecule has 1 fully saturated rings. The van der Waals surface area contributed by atoms with E-state index in [9.17, 15) is 29.4 Å². The molecule has 0 saturated heterocycles. The lowest BCUT2D eigenvalue weighted by atomic mass is 9.88. The molecule has 55 heavy (non-hydrogen) atoms. The van der Waals surface area contributed by atoms with E-state index in [1.54, 1.807) is 6.08 Å². The Morgan fingerprint density at radius 2 is 1.16 bits per heavy atom. The number of aliphatic hydroxyl groups excluding tert-OH is 2. The predicted octanol–water partition coefficient (Wildman–Crippen LogP) is 9.67. The van der Waals surface area contributed by atoms with E-state index >= 15 is 0 Å². The zero-order valence-corrected chi connectivity index (χ0v) is 34.3. The van der Waals surface area contributed by atoms with Gasteiger partial charge in [0.15, 0.2) is 0 Å². The van der Waals surface area contributed by atoms with Crippen molar-refractivity contribution >= 4 is 23.7 Å². The van der Waals surface area contributed by atoms with Crippen LogP contribution < -0.4 is 5.73 Å². The molecule has 1 aromatic rings. The van der Waals surface area contributed by atoms with Crippen LogP contribution in [0, 0.1) is 11.8 Å². The minimum absolute atomic E-state index is 0.105. The maximum Gasteiger partial charge on any atom is 0.320 e. The molecule has 316 valence electrons. The first-order chi connectivity index (χ1) is 26.4. The highest BCUT2D eigenvalue weighted by molar-refractivity contribution is 5.84. The molecule has 2 rings (SSSR count). The molecule has 5 atom stereocenters. The first-order valence-electron chi connectivity index (χ1n) is 21.5. The molecule has 0 aliphatic heterocycles. The van der Waals surface area contributed by atoms with E-state index in [2.05, 4.69) is 13.8 Å². The summed E-state index contributed by atoms with van der Waals surface area (Å²) in [4.78, 5) is 43.3. The van der Waals surface area contributed by atoms with Gasteiger partial charge in [0.25, 0.3) is 0 Å². The van der Waals surface area contributed by atoms with Crippen LogP contribution in [-0.4, -0.2) is 67.5 Å². The number of carboxylic acid groups (broad SMARTS) is 3. The SMILES string of the molecule is CCCCCCCCCCCCCCCC(=O)O.CCCCC[C@H](O)/C=C/[C@H]1[C@H](O)CC(=O)[C@@H]1CCCCCCC(=O)O.N[C@@H](Cc1ccccc1)C(=O)O. The van der Waals surface area contributed by atoms with Crippen molar-refractivity contribution in [2.45, 2.75) is 199 Å². The molecule has 0 amide bonds. The molecular formula is C45H77NO9. The average Bonchev–Trinajstić information content (AvgIpc) is 3.42. The number of carbonyl (C=O) groups excluding carboxylic acids is 1. The Balaban J connectivity index is 0.000000849. The quantitative estimate of drug-likeness (QED) is 0.0323. The molecule has 0 unspecified atom stereocenters. The maximum atomic E-state index is 12.1. The normalized spacial score (nSPS) is 17.5. The van der Waals surface area contributed by atoms with Gasteiger partial charge in [-0.3, -0.25) is 19.2 Å². The van der Waals surface area contributed by atoms with Crippen LogP contribution in [0.5, 0.6) is 0 Å². The Labute approximate surface area is 332 Å². The van der Waals surface area contributed by atoms with E-state index < -0.39 is 36.2 Å². The molecule has 10 nitrogen and oxygen atoms in total. The Morgan fingerprint density at radius 3 is 1.64 bits per heavy atom. The van der Waals surface area contributed by atoms with Gasteiger partial charge < -0.3 is 31.3 Å². The third-order valence-electron chi connectivity index (χ3n) is 10.2. The fourth-order valence-corrected chi connectivity index (χ4v) is 6.79. The van der Waals surface area contributed by atoms with Crippen LogP contribution in [0.3, 0.4) is 0 Å². The van der Waals surface area contributed by atoms with Crippen LogP contribution in [0.2, 0.25) is 0 Å². The Morgan fingerprint density at radius 1 is 0.709 bits per heavy atom. The van der Waals surface area contributed by atoms with Gasteiger partial charge >= 0.3 is 17.9 Å². The fraction of sp³-hybridized carbons (Fsp3) is 0.733. The number of carboxylic acids is 3. The van der Waals surface area contributed by atoms with Crippen LogP contribution in [0.25, 0.3) is 0 Å². The standard InChI is InChI=1S/C20H34O5.C16H32O2.C9H11NO2/c1-2-3-6-9-15(21)12-13-17-16(18(22)14-19(17)23)10-7-4-5-8-11-20(24)25;1-2-3-4-5-6-7-8-9-10-11-12-13-14-15-16(17)18;10-8(9(11)12)6-7-4-2-1-3-5-7/h12-13,15-17,19,21,23H,2-11,14H2,1H3,(H,24,25);2-15H2,1H3,(H,17,18);1-5,8H,6,10H2,(H,11,12)/b13-12+;;/t15-,16+,17+,19+;;8-/m0.0/s1. The summed E-state index contributed by atoms with van der Waals surface area (Å²) in [5.74, 6) is -2.65. The summed E-state index contributed by atoms with van der Waals surface area (Å²) >= 11 is 0. The van der Waals surface area contributed by atoms with E-state index in [1.165, 1.54) is 70.6 Å². The van der Waals surface area contributed by atoms with Crippen molar-refractivity contribution in [1.29, 1.82) is 0 Å². The number of ketones is 1. The topological polar surface area (TPSA) is 195 Å². The number of aliphatic hydroxyl groups is 2. The summed E-state index contributed by atoms with van der Waals surface area (Å²) in [5, 5.41) is 45.8. The van der Waals surface area contributed by atoms with Gasteiger partial charge in [0.1, 0.15) is 11.8 Å². The fourth-order valence-electron chi connectivity index (χ4n) is 6.79. The average molecular weight is 776 g/mol. The highest BCUT2D eigenvalue weighted by atomic mass is 16.4. The van der Waals surface area contributed by atoms with E-state index in [1.807, 2.05) is 36.4 Å². The summed E-state index contributed by atoms with van der Waals surface area (Å²) in [5.41, 5.74) is 6.30. The second-order valence-electron chi connectivity index (χ2n) is 15.2. The number of hydrogen-bond acceptors (Lipinski definition) is 7. The molecule has 10 heteroatoms. The predicted molar refractivity (Wildman–Crippen MR) is 221 cm³/mol. The monoisotopic (exact) mass is 776 g/mol. The van der Waals surface area contributed by atoms with Gasteiger partial charge in [-0.2, -0.15) is 0 Å². The minimum Gasteiger partial charge on any atom is -0.481 e. The summed E-state index contributed by atoms with van der Waals surface area (Å²) in [6.45, 7) is 4.38. The molecule has 1 aliphatic carbocycles. The van der Waals surface area contributed by atoms with Crippen LogP contribution in [0.15, 0.2) is 42.5 Å². The number of benzene rings is 1. The molecule has 1 aromatic carbocycles. The van der Waals surface area contributed by atoms with Crippen molar-refractivity contribution in [2.75, 3.05) is 0 Å². The van der Waals surface area contributed by atoms with Crippen molar-refractivity contribution in [3.63, 3.8) is 0 Å². The molecule has 0 aromatic heterocycles. The largest absolute Gasteiger partial charge is 0.481 e. The van der Waals surface area contributed by atoms with Crippen molar-refractivity contribution in [1.82, 2.24) is 0 Å². The highest BCUT2D eigenvalue weighted by Crippen LogP contribution is 2.34. The number of hydrogen-bond donors (Lipinski definition) is 6. The number of carbonyl (C=O) groups is 4. The van der Waals surface area contributed by atoms with Crippen molar-refractivity contribution in [2.24, 2.45) is 17.6 Å². The van der Waals surface area contributed by atoms with Crippen LogP contribution in [0.4, 0.5) is 0 Å². The van der Waals surface area contributed by atoms with Gasteiger partial charge in [0, 0.05) is 31.1 Å². The smallest absolute Gasteiger partial charge is 0.320 e. The lowest BCUT2D eigenvalue weighted by Crippen LogP contribution is -2.32. The lowest BCUT2D eigenvalue weighted by molar-refractivity contribution is -0.139. The molecule has 0 heterocycles. The summed E-state index contributed by atoms with van der Waals surface area (Å²) in [6.07, 6.45) is 28.4. The van der Waals surface area contributed by atoms with E-state index in [0.717, 1.165) is 69.8 Å². The van der Waals surface area contributed by atoms with E-state index in [4.69, 9.17) is 21.1 Å². The minimum atomic E-state index is -0.959. The first-order valence-corrected chi connectivity index (χ1v) is 21.5. The van der Waals surface area contributed by atoms with Crippen LogP contribution >= 0.6 is 0 Å². The lowest BCUT2D eigenvalue weighted by Gasteiger charge is -2.18. The number of Topliss-reactive ketones (excluding diaryl/α,β-unsaturated/α-hetero) is 1. The second-order valence-corrected chi connectivity index (χ2v) is 15.2. The van der Waals surface area contributed by atoms with Gasteiger partial charge in [0.05, 0.1) is 12.2 Å². The number of aliphatic carboxylic acids is 3. The molecule has 7 N–H and O–H groups in total. The van der Waals surface area contributed by atoms with Gasteiger partial charge in [-0.25, -0.2) is 0 Å². The van der Waals surface area contributed by atoms with Gasteiger partial charge in [0.2, 0.25) is 0 Å². The van der Waals surface area contributed by atoms with Gasteiger partial charge in [-0.05, 0) is 37.7 Å². The molecule has 0 bridgehead atoms. The van der Waals surface area contributed by atoms with E-state index in [0.29, 0.717) is 19.3 Å². The summed E-state index contributed by atoms with van der Waals surface area (Å²) in [6, 6.07) is 8.54. The number of nitrogens with two attached hydrogens (primary N) is 1. The van der Waals surface area contributed by atoms with Crippen LogP contribution in [0.1, 0.15) is 180 Å². The van der Waals surface area contributed by atoms with Crippen molar-refractivity contribution < 1.29 is 44.7 Å². The molecule has 0 spiro atoms. The van der Waals surface area contributed by atoms with E-state index in [-0.39, 0.29) is 30.5 Å². The summed E-state index contributed by atoms with van der Waals surface area (Å²) < 4.78 is 0.